The summed E-state index contributed by atoms with van der Waals surface area (Å²) in [5.41, 5.74) is 8.06. The SMILES string of the molecule is CCCOC(=O)/C(C)=C(\CCCOc1cccc2cc(F)ccc12)c1ccc(Cl)c(C2=C(C)[N+](C)=C2C)c1C. The predicted octanol–water partition coefficient (Wildman–Crippen LogP) is 8.37. The van der Waals surface area contributed by atoms with Gasteiger partial charge in [0.2, 0.25) is 0 Å². The van der Waals surface area contributed by atoms with E-state index in [0.29, 0.717) is 42.4 Å². The number of benzene rings is 3. The summed E-state index contributed by atoms with van der Waals surface area (Å²) in [6, 6.07) is 14.2. The molecule has 0 bridgehead atoms. The van der Waals surface area contributed by atoms with E-state index in [-0.39, 0.29) is 11.8 Å². The van der Waals surface area contributed by atoms with E-state index in [1.165, 1.54) is 23.5 Å². The quantitative estimate of drug-likeness (QED) is 0.110. The van der Waals surface area contributed by atoms with Crippen LogP contribution in [0.5, 0.6) is 5.75 Å². The summed E-state index contributed by atoms with van der Waals surface area (Å²) < 4.78 is 27.5. The maximum absolute atomic E-state index is 13.7. The van der Waals surface area contributed by atoms with Crippen LogP contribution >= 0.6 is 11.6 Å². The number of fused-ring (bicyclic) bond motifs is 1. The summed E-state index contributed by atoms with van der Waals surface area (Å²) in [6.45, 7) is 10.9. The number of allylic oxidation sites excluding steroid dienone is 3. The molecule has 0 spiro atoms. The van der Waals surface area contributed by atoms with Crippen LogP contribution in [0.4, 0.5) is 4.39 Å². The summed E-state index contributed by atoms with van der Waals surface area (Å²) in [4.78, 5) is 13.0. The van der Waals surface area contributed by atoms with Crippen LogP contribution in [-0.4, -0.2) is 36.5 Å². The number of nitrogens with zero attached hydrogens (tertiary/aromatic N) is 1. The van der Waals surface area contributed by atoms with Crippen molar-refractivity contribution >= 4 is 45.2 Å². The van der Waals surface area contributed by atoms with Gasteiger partial charge in [-0.25, -0.2) is 13.8 Å². The smallest absolute Gasteiger partial charge is 0.334 e. The molecule has 0 aromatic heterocycles. The highest BCUT2D eigenvalue weighted by Crippen LogP contribution is 2.39. The molecule has 0 aliphatic carbocycles. The highest BCUT2D eigenvalue weighted by Gasteiger charge is 2.34. The predicted molar refractivity (Wildman–Crippen MR) is 158 cm³/mol. The van der Waals surface area contributed by atoms with Crippen LogP contribution in [0.15, 0.2) is 59.8 Å². The molecule has 39 heavy (non-hydrogen) atoms. The maximum atomic E-state index is 13.7. The third-order valence-corrected chi connectivity index (χ3v) is 7.86. The molecule has 0 radical (unpaired) electrons. The second-order valence-corrected chi connectivity index (χ2v) is 10.4. The van der Waals surface area contributed by atoms with E-state index in [9.17, 15) is 9.18 Å². The van der Waals surface area contributed by atoms with Gasteiger partial charge in [-0.2, -0.15) is 0 Å². The lowest BCUT2D eigenvalue weighted by molar-refractivity contribution is -0.451. The molecule has 0 unspecified atom stereocenters. The van der Waals surface area contributed by atoms with Crippen molar-refractivity contribution in [1.82, 2.24) is 0 Å². The van der Waals surface area contributed by atoms with Gasteiger partial charge in [0, 0.05) is 35.4 Å². The van der Waals surface area contributed by atoms with Crippen molar-refractivity contribution in [3.63, 3.8) is 0 Å². The standard InChI is InChI=1S/C33H36ClFNO3/c1-7-17-39-33(37)21(3)26(11-9-18-38-30-12-8-10-24-19-25(35)13-14-28(24)30)27-15-16-29(34)31(20(27)2)32-22(4)36(6)23(32)5/h8,10,12-16,19H,7,9,11,17-18H2,1-6H3/q+1/b26-21+. The molecule has 204 valence electrons. The Kier molecular flexibility index (Phi) is 8.91. The van der Waals surface area contributed by atoms with E-state index < -0.39 is 0 Å². The molecule has 3 aromatic rings. The molecule has 3 aromatic carbocycles. The minimum atomic E-state index is -0.304. The summed E-state index contributed by atoms with van der Waals surface area (Å²) in [5.74, 6) is 0.135. The first-order valence-corrected chi connectivity index (χ1v) is 13.8. The van der Waals surface area contributed by atoms with Gasteiger partial charge in [0.15, 0.2) is 11.4 Å². The third kappa shape index (κ3) is 5.79. The van der Waals surface area contributed by atoms with Gasteiger partial charge in [0.1, 0.15) is 24.2 Å². The molecule has 0 saturated heterocycles. The number of hydrogen-bond donors (Lipinski definition) is 0. The van der Waals surface area contributed by atoms with Crippen LogP contribution in [0.25, 0.3) is 21.9 Å². The van der Waals surface area contributed by atoms with E-state index in [4.69, 9.17) is 21.1 Å². The Morgan fingerprint density at radius 3 is 2.54 bits per heavy atom. The fourth-order valence-corrected chi connectivity index (χ4v) is 5.50. The summed E-state index contributed by atoms with van der Waals surface area (Å²) in [5, 5.41) is 2.36. The lowest BCUT2D eigenvalue weighted by Crippen LogP contribution is -2.27. The van der Waals surface area contributed by atoms with Crippen molar-refractivity contribution in [2.45, 2.75) is 53.9 Å². The normalized spacial score (nSPS) is 13.9. The van der Waals surface area contributed by atoms with Crippen LogP contribution in [0.3, 0.4) is 0 Å². The lowest BCUT2D eigenvalue weighted by Gasteiger charge is -2.23. The average molecular weight is 549 g/mol. The average Bonchev–Trinajstić information content (AvgIpc) is 2.93. The molecule has 1 aliphatic rings. The molecule has 0 fully saturated rings. The number of carbonyl (C=O) groups is 1. The van der Waals surface area contributed by atoms with Gasteiger partial charge < -0.3 is 9.47 Å². The second kappa shape index (κ2) is 12.2. The Morgan fingerprint density at radius 1 is 1.05 bits per heavy atom. The van der Waals surface area contributed by atoms with Crippen molar-refractivity contribution < 1.29 is 23.2 Å². The molecule has 1 heterocycles. The van der Waals surface area contributed by atoms with E-state index in [0.717, 1.165) is 45.0 Å². The van der Waals surface area contributed by atoms with Gasteiger partial charge in [0.25, 0.3) is 0 Å². The number of halogens is 2. The summed E-state index contributed by atoms with van der Waals surface area (Å²) in [6.07, 6.45) is 2.06. The van der Waals surface area contributed by atoms with Crippen LogP contribution in [0.1, 0.15) is 63.6 Å². The van der Waals surface area contributed by atoms with Crippen LogP contribution in [-0.2, 0) is 9.53 Å². The maximum Gasteiger partial charge on any atom is 0.334 e. The molecule has 0 saturated carbocycles. The molecule has 0 atom stereocenters. The van der Waals surface area contributed by atoms with Gasteiger partial charge in [-0.15, -0.1) is 0 Å². The van der Waals surface area contributed by atoms with Crippen molar-refractivity contribution in [2.75, 3.05) is 20.3 Å². The van der Waals surface area contributed by atoms with Gasteiger partial charge >= 0.3 is 5.97 Å². The number of esters is 1. The monoisotopic (exact) mass is 548 g/mol. The Hall–Kier alpha value is -3.44. The fraction of sp³-hybridized carbons (Fsp3) is 0.333. The fourth-order valence-electron chi connectivity index (χ4n) is 5.20. The highest BCUT2D eigenvalue weighted by atomic mass is 35.5. The van der Waals surface area contributed by atoms with E-state index >= 15 is 0 Å². The van der Waals surface area contributed by atoms with E-state index in [1.54, 1.807) is 6.07 Å². The number of ether oxygens (including phenoxy) is 2. The van der Waals surface area contributed by atoms with Crippen LogP contribution in [0.2, 0.25) is 5.02 Å². The van der Waals surface area contributed by atoms with Crippen molar-refractivity contribution in [1.29, 1.82) is 0 Å². The zero-order valence-corrected chi connectivity index (χ0v) is 24.3. The van der Waals surface area contributed by atoms with Gasteiger partial charge in [-0.1, -0.05) is 36.7 Å². The van der Waals surface area contributed by atoms with Crippen molar-refractivity contribution in [3.8, 4) is 5.75 Å². The molecular formula is C33H36ClFNO3+. The van der Waals surface area contributed by atoms with Crippen LogP contribution < -0.4 is 4.74 Å². The molecule has 4 rings (SSSR count). The van der Waals surface area contributed by atoms with Gasteiger partial charge in [-0.05, 0) is 85.5 Å². The molecule has 0 N–H and O–H groups in total. The lowest BCUT2D eigenvalue weighted by atomic mass is 9.85. The molecule has 0 amide bonds. The number of rotatable bonds is 10. The first kappa shape index (κ1) is 28.6. The Balaban J connectivity index is 1.63. The van der Waals surface area contributed by atoms with Crippen LogP contribution in [0, 0.1) is 12.7 Å². The highest BCUT2D eigenvalue weighted by molar-refractivity contribution is 6.36. The largest absolute Gasteiger partial charge is 0.493 e. The first-order chi connectivity index (χ1) is 18.6. The zero-order valence-electron chi connectivity index (χ0n) is 23.6. The second-order valence-electron chi connectivity index (χ2n) is 10.0. The zero-order chi connectivity index (χ0) is 28.3. The topological polar surface area (TPSA) is 38.5 Å². The first-order valence-electron chi connectivity index (χ1n) is 13.4. The third-order valence-electron chi connectivity index (χ3n) is 7.55. The Labute approximate surface area is 235 Å². The number of hydrogen-bond acceptors (Lipinski definition) is 3. The molecular weight excluding hydrogens is 513 g/mol. The van der Waals surface area contributed by atoms with E-state index in [2.05, 4.69) is 25.3 Å². The molecule has 4 nitrogen and oxygen atoms in total. The van der Waals surface area contributed by atoms with Crippen molar-refractivity contribution in [3.05, 3.63) is 87.3 Å². The summed E-state index contributed by atoms with van der Waals surface area (Å²) >= 11 is 6.74. The Morgan fingerprint density at radius 2 is 1.82 bits per heavy atom. The minimum absolute atomic E-state index is 0.273. The molecule has 6 heteroatoms. The minimum Gasteiger partial charge on any atom is -0.493 e. The molecule has 1 aliphatic heterocycles. The number of carbonyl (C=O) groups excluding carboxylic acids is 1. The van der Waals surface area contributed by atoms with E-state index in [1.807, 2.05) is 51.2 Å². The summed E-state index contributed by atoms with van der Waals surface area (Å²) in [7, 11) is 2.05. The Bertz CT molecular complexity index is 1530. The van der Waals surface area contributed by atoms with Gasteiger partial charge in [-0.3, -0.25) is 0 Å². The van der Waals surface area contributed by atoms with Gasteiger partial charge in [0.05, 0.1) is 13.2 Å². The van der Waals surface area contributed by atoms with Crippen molar-refractivity contribution in [2.24, 2.45) is 0 Å².